The third kappa shape index (κ3) is 8.55. The first kappa shape index (κ1) is 33.2. The predicted molar refractivity (Wildman–Crippen MR) is 188 cm³/mol. The number of benzene rings is 5. The van der Waals surface area contributed by atoms with Crippen molar-refractivity contribution in [3.63, 3.8) is 0 Å². The zero-order valence-electron chi connectivity index (χ0n) is 25.6. The Morgan fingerprint density at radius 3 is 2.19 bits per heavy atom. The standard InChI is InChI=1S/C38H31ClFN3O3S/c1-24-12-9-21-33(25(24)2)42-38(46)35(26-13-5-3-6-14-26)47-29-18-10-17-28(22-29)41-37(45)34(23-30-31(39)19-11-20-32(30)40)43-36(44)27-15-7-4-8-16-27/h3-23,35H,1-2H3,(H,41,45)(H,42,46)(H,43,44)/b34-23+. The van der Waals surface area contributed by atoms with Gasteiger partial charge in [-0.3, -0.25) is 14.4 Å². The Labute approximate surface area is 282 Å². The van der Waals surface area contributed by atoms with Gasteiger partial charge in [-0.2, -0.15) is 0 Å². The Hall–Kier alpha value is -5.18. The maximum Gasteiger partial charge on any atom is 0.272 e. The van der Waals surface area contributed by atoms with Gasteiger partial charge in [0.2, 0.25) is 5.91 Å². The molecule has 236 valence electrons. The monoisotopic (exact) mass is 663 g/mol. The highest BCUT2D eigenvalue weighted by atomic mass is 35.5. The van der Waals surface area contributed by atoms with Crippen LogP contribution in [0.1, 0.15) is 37.9 Å². The van der Waals surface area contributed by atoms with Crippen LogP contribution >= 0.6 is 23.4 Å². The van der Waals surface area contributed by atoms with Gasteiger partial charge in [0, 0.05) is 27.4 Å². The minimum atomic E-state index is -0.692. The van der Waals surface area contributed by atoms with E-state index >= 15 is 0 Å². The van der Waals surface area contributed by atoms with Gasteiger partial charge in [0.15, 0.2) is 0 Å². The minimum absolute atomic E-state index is 0.0439. The van der Waals surface area contributed by atoms with Crippen LogP contribution in [0.4, 0.5) is 15.8 Å². The Morgan fingerprint density at radius 1 is 0.787 bits per heavy atom. The van der Waals surface area contributed by atoms with Crippen molar-refractivity contribution < 1.29 is 18.8 Å². The molecule has 1 unspecified atom stereocenters. The lowest BCUT2D eigenvalue weighted by molar-refractivity contribution is -0.116. The topological polar surface area (TPSA) is 87.3 Å². The molecule has 1 atom stereocenters. The van der Waals surface area contributed by atoms with Gasteiger partial charge in [-0.25, -0.2) is 4.39 Å². The van der Waals surface area contributed by atoms with Crippen molar-refractivity contribution in [2.45, 2.75) is 24.0 Å². The summed E-state index contributed by atoms with van der Waals surface area (Å²) in [6, 6.07) is 34.7. The van der Waals surface area contributed by atoms with Crippen LogP contribution in [-0.2, 0) is 9.59 Å². The molecule has 5 aromatic rings. The van der Waals surface area contributed by atoms with E-state index in [0.717, 1.165) is 22.4 Å². The maximum atomic E-state index is 14.7. The van der Waals surface area contributed by atoms with E-state index in [1.54, 1.807) is 48.5 Å². The van der Waals surface area contributed by atoms with Gasteiger partial charge in [-0.15, -0.1) is 11.8 Å². The molecule has 0 aliphatic carbocycles. The summed E-state index contributed by atoms with van der Waals surface area (Å²) in [7, 11) is 0. The molecule has 0 aliphatic rings. The molecular weight excluding hydrogens is 633 g/mol. The number of hydrogen-bond donors (Lipinski definition) is 3. The molecule has 0 heterocycles. The summed E-state index contributed by atoms with van der Waals surface area (Å²) in [4.78, 5) is 41.0. The number of thioether (sulfide) groups is 1. The molecule has 5 aromatic carbocycles. The average Bonchev–Trinajstić information content (AvgIpc) is 3.07. The molecule has 0 fully saturated rings. The fourth-order valence-electron chi connectivity index (χ4n) is 4.70. The van der Waals surface area contributed by atoms with Crippen molar-refractivity contribution in [1.29, 1.82) is 0 Å². The Morgan fingerprint density at radius 2 is 1.47 bits per heavy atom. The van der Waals surface area contributed by atoms with E-state index < -0.39 is 22.9 Å². The SMILES string of the molecule is Cc1cccc(NC(=O)C(Sc2cccc(NC(=O)/C(=C\c3c(F)cccc3Cl)NC(=O)c3ccccc3)c2)c2ccccc2)c1C. The first-order chi connectivity index (χ1) is 22.7. The van der Waals surface area contributed by atoms with E-state index in [-0.39, 0.29) is 22.2 Å². The fourth-order valence-corrected chi connectivity index (χ4v) is 6.00. The zero-order chi connectivity index (χ0) is 33.3. The molecule has 0 aliphatic heterocycles. The Balaban J connectivity index is 1.41. The van der Waals surface area contributed by atoms with Gasteiger partial charge in [-0.1, -0.05) is 84.4 Å². The lowest BCUT2D eigenvalue weighted by Gasteiger charge is -2.19. The Bertz CT molecular complexity index is 1930. The van der Waals surface area contributed by atoms with E-state index in [0.29, 0.717) is 16.1 Å². The summed E-state index contributed by atoms with van der Waals surface area (Å²) in [5, 5.41) is 7.94. The molecule has 9 heteroatoms. The van der Waals surface area contributed by atoms with Gasteiger partial charge < -0.3 is 16.0 Å². The second-order valence-corrected chi connectivity index (χ2v) is 12.2. The maximum absolute atomic E-state index is 14.7. The van der Waals surface area contributed by atoms with Crippen LogP contribution in [-0.4, -0.2) is 17.7 Å². The fraction of sp³-hybridized carbons (Fsp3) is 0.0789. The van der Waals surface area contributed by atoms with Crippen molar-refractivity contribution in [2.75, 3.05) is 10.6 Å². The summed E-state index contributed by atoms with van der Waals surface area (Å²) in [5.74, 6) is -2.09. The molecule has 47 heavy (non-hydrogen) atoms. The van der Waals surface area contributed by atoms with E-state index in [1.165, 1.54) is 36.0 Å². The second-order valence-electron chi connectivity index (χ2n) is 10.6. The van der Waals surface area contributed by atoms with E-state index in [4.69, 9.17) is 11.6 Å². The number of carbonyl (C=O) groups excluding carboxylic acids is 3. The van der Waals surface area contributed by atoms with Crippen molar-refractivity contribution >= 4 is 58.5 Å². The summed E-state index contributed by atoms with van der Waals surface area (Å²) < 4.78 is 14.7. The smallest absolute Gasteiger partial charge is 0.272 e. The third-order valence-corrected chi connectivity index (χ3v) is 8.94. The molecule has 0 bridgehead atoms. The van der Waals surface area contributed by atoms with Gasteiger partial charge in [-0.05, 0) is 85.1 Å². The predicted octanol–water partition coefficient (Wildman–Crippen LogP) is 8.98. The van der Waals surface area contributed by atoms with E-state index in [2.05, 4.69) is 16.0 Å². The third-order valence-electron chi connectivity index (χ3n) is 7.37. The molecule has 3 N–H and O–H groups in total. The highest BCUT2D eigenvalue weighted by Gasteiger charge is 2.23. The summed E-state index contributed by atoms with van der Waals surface area (Å²) >= 11 is 7.57. The van der Waals surface area contributed by atoms with Crippen molar-refractivity contribution in [3.05, 3.63) is 166 Å². The highest BCUT2D eigenvalue weighted by Crippen LogP contribution is 2.37. The van der Waals surface area contributed by atoms with Crippen LogP contribution in [0, 0.1) is 19.7 Å². The van der Waals surface area contributed by atoms with Gasteiger partial charge in [0.1, 0.15) is 16.8 Å². The summed E-state index contributed by atoms with van der Waals surface area (Å²) in [6.45, 7) is 3.96. The molecule has 3 amide bonds. The zero-order valence-corrected chi connectivity index (χ0v) is 27.2. The van der Waals surface area contributed by atoms with Gasteiger partial charge >= 0.3 is 0 Å². The quantitative estimate of drug-likeness (QED) is 0.103. The molecule has 0 saturated carbocycles. The summed E-state index contributed by atoms with van der Waals surface area (Å²) in [5.41, 5.74) is 4.07. The molecule has 6 nitrogen and oxygen atoms in total. The average molecular weight is 664 g/mol. The van der Waals surface area contributed by atoms with Crippen molar-refractivity contribution in [2.24, 2.45) is 0 Å². The Kier molecular flexibility index (Phi) is 10.9. The van der Waals surface area contributed by atoms with Crippen LogP contribution in [0.15, 0.2) is 132 Å². The number of halogens is 2. The molecule has 5 rings (SSSR count). The van der Waals surface area contributed by atoms with E-state index in [1.807, 2.05) is 68.4 Å². The number of amides is 3. The number of anilines is 2. The van der Waals surface area contributed by atoms with Crippen molar-refractivity contribution in [3.8, 4) is 0 Å². The second kappa shape index (κ2) is 15.4. The van der Waals surface area contributed by atoms with Crippen molar-refractivity contribution in [1.82, 2.24) is 5.32 Å². The highest BCUT2D eigenvalue weighted by molar-refractivity contribution is 8.00. The van der Waals surface area contributed by atoms with Crippen LogP contribution in [0.5, 0.6) is 0 Å². The van der Waals surface area contributed by atoms with Crippen LogP contribution in [0.3, 0.4) is 0 Å². The van der Waals surface area contributed by atoms with E-state index in [9.17, 15) is 18.8 Å². The molecular formula is C38H31ClFN3O3S. The lowest BCUT2D eigenvalue weighted by atomic mass is 10.1. The van der Waals surface area contributed by atoms with Crippen LogP contribution < -0.4 is 16.0 Å². The number of carbonyl (C=O) groups is 3. The lowest BCUT2D eigenvalue weighted by Crippen LogP contribution is -2.30. The largest absolute Gasteiger partial charge is 0.325 e. The van der Waals surface area contributed by atoms with Crippen LogP contribution in [0.2, 0.25) is 5.02 Å². The van der Waals surface area contributed by atoms with Gasteiger partial charge in [0.25, 0.3) is 11.8 Å². The minimum Gasteiger partial charge on any atom is -0.325 e. The normalized spacial score (nSPS) is 11.8. The molecule has 0 aromatic heterocycles. The number of rotatable bonds is 10. The van der Waals surface area contributed by atoms with Gasteiger partial charge in [0.05, 0.1) is 5.02 Å². The molecule has 0 saturated heterocycles. The first-order valence-corrected chi connectivity index (χ1v) is 16.0. The molecule has 0 radical (unpaired) electrons. The number of hydrogen-bond acceptors (Lipinski definition) is 4. The first-order valence-electron chi connectivity index (χ1n) is 14.7. The number of nitrogens with one attached hydrogen (secondary N) is 3. The number of aryl methyl sites for hydroxylation is 1. The summed E-state index contributed by atoms with van der Waals surface area (Å²) in [6.07, 6.45) is 1.20. The molecule has 0 spiro atoms. The van der Waals surface area contributed by atoms with Crippen LogP contribution in [0.25, 0.3) is 6.08 Å².